The number of nitrogens with zero attached hydrogens (tertiary/aromatic N) is 4. The van der Waals surface area contributed by atoms with Gasteiger partial charge in [0.1, 0.15) is 0 Å². The molecule has 4 heteroatoms. The largest absolute Gasteiger partial charge is 0.221 e. The van der Waals surface area contributed by atoms with Crippen molar-refractivity contribution in [1.29, 1.82) is 0 Å². The molecule has 2 aromatic rings. The lowest BCUT2D eigenvalue weighted by Crippen LogP contribution is -2.03. The van der Waals surface area contributed by atoms with Crippen LogP contribution in [-0.4, -0.2) is 20.2 Å². The summed E-state index contributed by atoms with van der Waals surface area (Å²) in [4.78, 5) is 0. The molecule has 0 aliphatic heterocycles. The van der Waals surface area contributed by atoms with Gasteiger partial charge in [0.2, 0.25) is 0 Å². The number of hydrogen-bond donors (Lipinski definition) is 0. The molecule has 0 spiro atoms. The first kappa shape index (κ1) is 10.3. The van der Waals surface area contributed by atoms with E-state index >= 15 is 0 Å². The molecule has 0 fully saturated rings. The van der Waals surface area contributed by atoms with Gasteiger partial charge in [0, 0.05) is 6.08 Å². The Hall–Kier alpha value is -2.19. The molecule has 0 aliphatic carbocycles. The fraction of sp³-hybridized carbons (Fsp3) is 0.167. The highest BCUT2D eigenvalue weighted by atomic mass is 15.5. The van der Waals surface area contributed by atoms with Crippen molar-refractivity contribution in [3.63, 3.8) is 0 Å². The van der Waals surface area contributed by atoms with Crippen molar-refractivity contribution >= 4 is 6.08 Å². The van der Waals surface area contributed by atoms with E-state index in [1.165, 1.54) is 5.56 Å². The van der Waals surface area contributed by atoms with Gasteiger partial charge in [-0.25, -0.2) is 4.68 Å². The molecule has 0 saturated heterocycles. The van der Waals surface area contributed by atoms with Gasteiger partial charge < -0.3 is 0 Å². The first-order valence-corrected chi connectivity index (χ1v) is 5.07. The Morgan fingerprint density at radius 1 is 1.31 bits per heavy atom. The van der Waals surface area contributed by atoms with E-state index in [1.54, 1.807) is 10.8 Å². The Labute approximate surface area is 93.9 Å². The third-order valence-corrected chi connectivity index (χ3v) is 2.11. The number of aromatic nitrogens is 4. The fourth-order valence-corrected chi connectivity index (χ4v) is 1.34. The van der Waals surface area contributed by atoms with Gasteiger partial charge in [0.25, 0.3) is 0 Å². The van der Waals surface area contributed by atoms with Crippen LogP contribution in [0.2, 0.25) is 0 Å². The SMILES string of the molecule is CC=C=Cc1nnnn1Cc1ccccc1. The number of rotatable bonds is 3. The average Bonchev–Trinajstić information content (AvgIpc) is 2.75. The molecule has 0 aliphatic rings. The highest BCUT2D eigenvalue weighted by molar-refractivity contribution is 5.38. The summed E-state index contributed by atoms with van der Waals surface area (Å²) in [6.45, 7) is 2.58. The van der Waals surface area contributed by atoms with Gasteiger partial charge in [-0.05, 0) is 29.0 Å². The quantitative estimate of drug-likeness (QED) is 0.730. The summed E-state index contributed by atoms with van der Waals surface area (Å²) in [5.41, 5.74) is 4.13. The van der Waals surface area contributed by atoms with Crippen LogP contribution in [0.3, 0.4) is 0 Å². The average molecular weight is 212 g/mol. The molecule has 4 nitrogen and oxygen atoms in total. The zero-order valence-corrected chi connectivity index (χ0v) is 9.04. The van der Waals surface area contributed by atoms with Crippen molar-refractivity contribution in [2.24, 2.45) is 0 Å². The topological polar surface area (TPSA) is 43.6 Å². The van der Waals surface area contributed by atoms with E-state index in [1.807, 2.05) is 43.3 Å². The minimum absolute atomic E-state index is 0.672. The van der Waals surface area contributed by atoms with E-state index in [4.69, 9.17) is 0 Å². The van der Waals surface area contributed by atoms with E-state index < -0.39 is 0 Å². The number of allylic oxidation sites excluding steroid dienone is 1. The molecule has 1 aromatic carbocycles. The maximum Gasteiger partial charge on any atom is 0.182 e. The maximum absolute atomic E-state index is 3.93. The minimum atomic E-state index is 0.672. The Bertz CT molecular complexity index is 507. The van der Waals surface area contributed by atoms with Crippen LogP contribution < -0.4 is 0 Å². The third-order valence-electron chi connectivity index (χ3n) is 2.11. The second-order valence-corrected chi connectivity index (χ2v) is 3.28. The molecule has 1 aromatic heterocycles. The van der Waals surface area contributed by atoms with Crippen LogP contribution in [0.15, 0.2) is 42.1 Å². The lowest BCUT2D eigenvalue weighted by atomic mass is 10.2. The molecule has 0 unspecified atom stereocenters. The number of tetrazole rings is 1. The highest BCUT2D eigenvalue weighted by Gasteiger charge is 2.02. The maximum atomic E-state index is 3.93. The van der Waals surface area contributed by atoms with Crippen molar-refractivity contribution < 1.29 is 0 Å². The van der Waals surface area contributed by atoms with Gasteiger partial charge in [-0.15, -0.1) is 10.8 Å². The molecule has 80 valence electrons. The van der Waals surface area contributed by atoms with E-state index in [-0.39, 0.29) is 0 Å². The van der Waals surface area contributed by atoms with E-state index in [0.29, 0.717) is 12.4 Å². The van der Waals surface area contributed by atoms with E-state index in [0.717, 1.165) is 0 Å². The summed E-state index contributed by atoms with van der Waals surface area (Å²) < 4.78 is 1.74. The summed E-state index contributed by atoms with van der Waals surface area (Å²) >= 11 is 0. The number of hydrogen-bond acceptors (Lipinski definition) is 3. The van der Waals surface area contributed by atoms with E-state index in [9.17, 15) is 0 Å². The van der Waals surface area contributed by atoms with Crippen molar-refractivity contribution in [1.82, 2.24) is 20.2 Å². The Kier molecular flexibility index (Phi) is 3.26. The fourth-order valence-electron chi connectivity index (χ4n) is 1.34. The van der Waals surface area contributed by atoms with Gasteiger partial charge in [-0.3, -0.25) is 0 Å². The van der Waals surface area contributed by atoms with Crippen LogP contribution in [-0.2, 0) is 6.54 Å². The predicted octanol–water partition coefficient (Wildman–Crippen LogP) is 1.91. The van der Waals surface area contributed by atoms with Gasteiger partial charge in [-0.1, -0.05) is 30.3 Å². The lowest BCUT2D eigenvalue weighted by Gasteiger charge is -2.00. The predicted molar refractivity (Wildman–Crippen MR) is 61.6 cm³/mol. The summed E-state index contributed by atoms with van der Waals surface area (Å²) in [5, 5.41) is 11.5. The zero-order chi connectivity index (χ0) is 11.2. The normalized spacial score (nSPS) is 9.56. The van der Waals surface area contributed by atoms with Gasteiger partial charge in [0.05, 0.1) is 6.54 Å². The highest BCUT2D eigenvalue weighted by Crippen LogP contribution is 2.03. The lowest BCUT2D eigenvalue weighted by molar-refractivity contribution is 0.644. The van der Waals surface area contributed by atoms with Crippen molar-refractivity contribution in [2.45, 2.75) is 13.5 Å². The Balaban J connectivity index is 2.22. The monoisotopic (exact) mass is 212 g/mol. The van der Waals surface area contributed by atoms with Crippen LogP contribution in [0.5, 0.6) is 0 Å². The Morgan fingerprint density at radius 3 is 2.88 bits per heavy atom. The molecule has 2 rings (SSSR count). The zero-order valence-electron chi connectivity index (χ0n) is 9.04. The van der Waals surface area contributed by atoms with Gasteiger partial charge >= 0.3 is 0 Å². The van der Waals surface area contributed by atoms with Crippen LogP contribution in [0, 0.1) is 0 Å². The summed E-state index contributed by atoms with van der Waals surface area (Å²) in [5.74, 6) is 0.710. The molecule has 0 N–H and O–H groups in total. The van der Waals surface area contributed by atoms with Gasteiger partial charge in [0.15, 0.2) is 5.82 Å². The summed E-state index contributed by atoms with van der Waals surface area (Å²) in [6.07, 6.45) is 3.59. The minimum Gasteiger partial charge on any atom is -0.221 e. The van der Waals surface area contributed by atoms with Crippen LogP contribution in [0.4, 0.5) is 0 Å². The van der Waals surface area contributed by atoms with Crippen LogP contribution in [0.25, 0.3) is 6.08 Å². The molecule has 0 radical (unpaired) electrons. The molecule has 1 heterocycles. The van der Waals surface area contributed by atoms with E-state index in [2.05, 4.69) is 21.3 Å². The van der Waals surface area contributed by atoms with Crippen LogP contribution in [0.1, 0.15) is 18.3 Å². The molecule has 0 amide bonds. The molecular weight excluding hydrogens is 200 g/mol. The standard InChI is InChI=1S/C12H12N4/c1-2-3-9-12-13-14-15-16(12)10-11-7-5-4-6-8-11/h2,4-9H,10H2,1H3. The van der Waals surface area contributed by atoms with Gasteiger partial charge in [-0.2, -0.15) is 0 Å². The molecule has 16 heavy (non-hydrogen) atoms. The van der Waals surface area contributed by atoms with Crippen LogP contribution >= 0.6 is 0 Å². The molecule has 0 saturated carbocycles. The summed E-state index contributed by atoms with van der Waals surface area (Å²) in [7, 11) is 0. The third kappa shape index (κ3) is 2.43. The second kappa shape index (κ2) is 5.05. The molecule has 0 bridgehead atoms. The van der Waals surface area contributed by atoms with Crippen molar-refractivity contribution in [3.8, 4) is 0 Å². The van der Waals surface area contributed by atoms with Crippen molar-refractivity contribution in [3.05, 3.63) is 53.5 Å². The second-order valence-electron chi connectivity index (χ2n) is 3.28. The van der Waals surface area contributed by atoms with Crippen molar-refractivity contribution in [2.75, 3.05) is 0 Å². The Morgan fingerprint density at radius 2 is 2.12 bits per heavy atom. The first-order valence-electron chi connectivity index (χ1n) is 5.07. The smallest absolute Gasteiger partial charge is 0.182 e. The summed E-state index contributed by atoms with van der Waals surface area (Å²) in [6, 6.07) is 10.1. The molecule has 0 atom stereocenters. The first-order chi connectivity index (χ1) is 7.90. The molecular formula is C12H12N4. The number of benzene rings is 1.